The number of benzene rings is 2. The van der Waals surface area contributed by atoms with Gasteiger partial charge in [-0.25, -0.2) is 0 Å². The minimum Gasteiger partial charge on any atom is -0.508 e. The van der Waals surface area contributed by atoms with Crippen LogP contribution in [0.5, 0.6) is 5.75 Å². The highest BCUT2D eigenvalue weighted by atomic mass is 32.2. The first kappa shape index (κ1) is 14.4. The predicted molar refractivity (Wildman–Crippen MR) is 90.2 cm³/mol. The Morgan fingerprint density at radius 3 is 2.48 bits per heavy atom. The number of amides is 1. The highest BCUT2D eigenvalue weighted by Gasteiger charge is 2.18. The Bertz CT molecular complexity index is 637. The number of rotatable bonds is 3. The van der Waals surface area contributed by atoms with Gasteiger partial charge in [-0.2, -0.15) is 0 Å². The molecular weight excluding hydrogens is 302 g/mol. The van der Waals surface area contributed by atoms with Crippen molar-refractivity contribution in [2.45, 2.75) is 4.58 Å². The zero-order valence-electron chi connectivity index (χ0n) is 11.3. The quantitative estimate of drug-likeness (QED) is 0.894. The second-order valence-electron chi connectivity index (χ2n) is 4.70. The Labute approximate surface area is 132 Å². The minimum atomic E-state index is -0.168. The molecule has 2 aromatic carbocycles. The van der Waals surface area contributed by atoms with Crippen molar-refractivity contribution >= 4 is 35.1 Å². The fourth-order valence-electron chi connectivity index (χ4n) is 2.13. The summed E-state index contributed by atoms with van der Waals surface area (Å²) in [6, 6.07) is 14.3. The number of hydrogen-bond donors (Lipinski definition) is 2. The Balaban J connectivity index is 1.70. The molecule has 21 heavy (non-hydrogen) atoms. The molecule has 0 atom stereocenters. The number of carbonyl (C=O) groups excluding carboxylic acids is 1. The molecule has 2 aromatic rings. The summed E-state index contributed by atoms with van der Waals surface area (Å²) in [7, 11) is 0. The van der Waals surface area contributed by atoms with Gasteiger partial charge in [-0.3, -0.25) is 4.79 Å². The maximum Gasteiger partial charge on any atom is 0.255 e. The summed E-state index contributed by atoms with van der Waals surface area (Å²) in [5.41, 5.74) is 2.47. The lowest BCUT2D eigenvalue weighted by Gasteiger charge is -2.09. The van der Waals surface area contributed by atoms with Gasteiger partial charge in [0, 0.05) is 28.8 Å². The van der Waals surface area contributed by atoms with Gasteiger partial charge in [0.05, 0.1) is 4.58 Å². The average Bonchev–Trinajstić information content (AvgIpc) is 3.01. The van der Waals surface area contributed by atoms with Crippen molar-refractivity contribution in [3.63, 3.8) is 0 Å². The molecule has 3 nitrogen and oxygen atoms in total. The van der Waals surface area contributed by atoms with Gasteiger partial charge in [-0.15, -0.1) is 23.5 Å². The number of phenols is 1. The van der Waals surface area contributed by atoms with Gasteiger partial charge in [-0.1, -0.05) is 18.2 Å². The summed E-state index contributed by atoms with van der Waals surface area (Å²) in [6.45, 7) is 0. The molecule has 0 radical (unpaired) electrons. The molecule has 1 aliphatic heterocycles. The van der Waals surface area contributed by atoms with E-state index in [-0.39, 0.29) is 11.7 Å². The van der Waals surface area contributed by atoms with E-state index in [1.165, 1.54) is 23.1 Å². The van der Waals surface area contributed by atoms with Crippen LogP contribution in [0.3, 0.4) is 0 Å². The van der Waals surface area contributed by atoms with Gasteiger partial charge in [0.25, 0.3) is 5.91 Å². The number of nitrogens with one attached hydrogen (secondary N) is 1. The van der Waals surface area contributed by atoms with Crippen molar-refractivity contribution in [1.29, 1.82) is 0 Å². The lowest BCUT2D eigenvalue weighted by molar-refractivity contribution is 0.102. The van der Waals surface area contributed by atoms with E-state index >= 15 is 0 Å². The van der Waals surface area contributed by atoms with Gasteiger partial charge in [-0.05, 0) is 29.8 Å². The number of anilines is 1. The minimum absolute atomic E-state index is 0.137. The largest absolute Gasteiger partial charge is 0.508 e. The normalized spacial score (nSPS) is 15.0. The topological polar surface area (TPSA) is 49.3 Å². The van der Waals surface area contributed by atoms with E-state index in [0.29, 0.717) is 15.8 Å². The number of aromatic hydroxyl groups is 1. The van der Waals surface area contributed by atoms with E-state index in [2.05, 4.69) is 5.32 Å². The Morgan fingerprint density at radius 1 is 1.10 bits per heavy atom. The van der Waals surface area contributed by atoms with Crippen LogP contribution in [-0.4, -0.2) is 22.5 Å². The van der Waals surface area contributed by atoms with Crippen LogP contribution in [0.2, 0.25) is 0 Å². The molecule has 0 saturated carbocycles. The predicted octanol–water partition coefficient (Wildman–Crippen LogP) is 4.12. The molecule has 108 valence electrons. The molecule has 0 spiro atoms. The maximum absolute atomic E-state index is 12.2. The highest BCUT2D eigenvalue weighted by molar-refractivity contribution is 8.19. The third-order valence-corrected chi connectivity index (χ3v) is 6.28. The molecule has 1 aliphatic rings. The zero-order chi connectivity index (χ0) is 14.7. The number of phenolic OH excluding ortho intramolecular Hbond substituents is 1. The van der Waals surface area contributed by atoms with Gasteiger partial charge >= 0.3 is 0 Å². The third kappa shape index (κ3) is 3.54. The van der Waals surface area contributed by atoms with E-state index in [1.54, 1.807) is 18.2 Å². The summed E-state index contributed by atoms with van der Waals surface area (Å²) in [5, 5.41) is 12.2. The fourth-order valence-corrected chi connectivity index (χ4v) is 4.99. The molecule has 0 unspecified atom stereocenters. The molecule has 5 heteroatoms. The van der Waals surface area contributed by atoms with Crippen molar-refractivity contribution < 1.29 is 9.90 Å². The van der Waals surface area contributed by atoms with Crippen LogP contribution < -0.4 is 5.32 Å². The molecule has 1 fully saturated rings. The lowest BCUT2D eigenvalue weighted by atomic mass is 10.1. The molecule has 1 saturated heterocycles. The molecule has 0 aliphatic carbocycles. The SMILES string of the molecule is O=C(Nc1cccc(O)c1)c1ccc(C2SCCS2)cc1. The third-order valence-electron chi connectivity index (χ3n) is 3.17. The van der Waals surface area contributed by atoms with E-state index < -0.39 is 0 Å². The molecule has 1 amide bonds. The highest BCUT2D eigenvalue weighted by Crippen LogP contribution is 2.45. The van der Waals surface area contributed by atoms with E-state index in [0.717, 1.165) is 0 Å². The van der Waals surface area contributed by atoms with Crippen molar-refractivity contribution in [3.05, 3.63) is 59.7 Å². The van der Waals surface area contributed by atoms with Crippen LogP contribution in [0.4, 0.5) is 5.69 Å². The van der Waals surface area contributed by atoms with Gasteiger partial charge in [0.2, 0.25) is 0 Å². The molecule has 1 heterocycles. The standard InChI is InChI=1S/C16H15NO2S2/c18-14-3-1-2-13(10-14)17-15(19)11-4-6-12(7-5-11)16-20-8-9-21-16/h1-7,10,16,18H,8-9H2,(H,17,19). The smallest absolute Gasteiger partial charge is 0.255 e. The Morgan fingerprint density at radius 2 is 1.81 bits per heavy atom. The number of hydrogen-bond acceptors (Lipinski definition) is 4. The zero-order valence-corrected chi connectivity index (χ0v) is 12.9. The van der Waals surface area contributed by atoms with Gasteiger partial charge in [0.1, 0.15) is 5.75 Å². The molecule has 0 bridgehead atoms. The fraction of sp³-hybridized carbons (Fsp3) is 0.188. The van der Waals surface area contributed by atoms with E-state index in [4.69, 9.17) is 0 Å². The first-order chi connectivity index (χ1) is 10.2. The monoisotopic (exact) mass is 317 g/mol. The Hall–Kier alpha value is -1.59. The first-order valence-electron chi connectivity index (χ1n) is 6.66. The van der Waals surface area contributed by atoms with Gasteiger partial charge in [0.15, 0.2) is 0 Å². The second kappa shape index (κ2) is 6.45. The van der Waals surface area contributed by atoms with Crippen LogP contribution in [0.25, 0.3) is 0 Å². The van der Waals surface area contributed by atoms with Crippen LogP contribution in [0, 0.1) is 0 Å². The van der Waals surface area contributed by atoms with Crippen molar-refractivity contribution in [2.75, 3.05) is 16.8 Å². The van der Waals surface area contributed by atoms with E-state index in [1.807, 2.05) is 47.8 Å². The summed E-state index contributed by atoms with van der Waals surface area (Å²) in [4.78, 5) is 12.2. The van der Waals surface area contributed by atoms with Crippen molar-refractivity contribution in [1.82, 2.24) is 0 Å². The van der Waals surface area contributed by atoms with E-state index in [9.17, 15) is 9.90 Å². The molecular formula is C16H15NO2S2. The molecule has 3 rings (SSSR count). The summed E-state index contributed by atoms with van der Waals surface area (Å²) in [6.07, 6.45) is 0. The number of thioether (sulfide) groups is 2. The van der Waals surface area contributed by atoms with Crippen LogP contribution >= 0.6 is 23.5 Å². The van der Waals surface area contributed by atoms with Gasteiger partial charge < -0.3 is 10.4 Å². The number of carbonyl (C=O) groups is 1. The maximum atomic E-state index is 12.2. The van der Waals surface area contributed by atoms with Crippen molar-refractivity contribution in [3.8, 4) is 5.75 Å². The summed E-state index contributed by atoms with van der Waals surface area (Å²) < 4.78 is 0.494. The van der Waals surface area contributed by atoms with Crippen molar-refractivity contribution in [2.24, 2.45) is 0 Å². The molecule has 2 N–H and O–H groups in total. The Kier molecular flexibility index (Phi) is 4.41. The van der Waals surface area contributed by atoms with Crippen LogP contribution in [0.1, 0.15) is 20.5 Å². The van der Waals surface area contributed by atoms with Crippen LogP contribution in [-0.2, 0) is 0 Å². The first-order valence-corrected chi connectivity index (χ1v) is 8.76. The van der Waals surface area contributed by atoms with Crippen LogP contribution in [0.15, 0.2) is 48.5 Å². The second-order valence-corrected chi connectivity index (χ2v) is 7.42. The average molecular weight is 317 g/mol. The summed E-state index contributed by atoms with van der Waals surface area (Å²) in [5.74, 6) is 2.35. The summed E-state index contributed by atoms with van der Waals surface area (Å²) >= 11 is 3.90. The lowest BCUT2D eigenvalue weighted by Crippen LogP contribution is -2.11. The molecule has 0 aromatic heterocycles.